The number of aromatic nitrogens is 4. The van der Waals surface area contributed by atoms with Crippen molar-refractivity contribution < 1.29 is 5.11 Å². The quantitative estimate of drug-likeness (QED) is 0.753. The fraction of sp³-hybridized carbons (Fsp3) is 0.444. The number of nitrogens with zero attached hydrogens (tertiary/aromatic N) is 3. The van der Waals surface area contributed by atoms with Crippen LogP contribution in [0.5, 0.6) is 0 Å². The molecule has 2 heterocycles. The van der Waals surface area contributed by atoms with Gasteiger partial charge in [-0.05, 0) is 19.1 Å². The molecule has 0 saturated heterocycles. The van der Waals surface area contributed by atoms with E-state index in [2.05, 4.69) is 15.3 Å². The maximum Gasteiger partial charge on any atom is 0.364 e. The Kier molecular flexibility index (Phi) is 2.97. The Balaban J connectivity index is 2.32. The lowest BCUT2D eigenvalue weighted by Crippen LogP contribution is -2.16. The summed E-state index contributed by atoms with van der Waals surface area (Å²) >= 11 is 1.42. The van der Waals surface area contributed by atoms with E-state index in [4.69, 9.17) is 0 Å². The predicted octanol–water partition coefficient (Wildman–Crippen LogP) is 0.279. The molecule has 2 aromatic heterocycles. The van der Waals surface area contributed by atoms with Crippen LogP contribution in [0.3, 0.4) is 0 Å². The van der Waals surface area contributed by atoms with Gasteiger partial charge < -0.3 is 5.11 Å². The molecule has 0 amide bonds. The fourth-order valence-electron chi connectivity index (χ4n) is 1.14. The van der Waals surface area contributed by atoms with Crippen molar-refractivity contribution in [2.75, 3.05) is 0 Å². The number of rotatable bonds is 3. The van der Waals surface area contributed by atoms with E-state index < -0.39 is 6.10 Å². The molecule has 2 N–H and O–H groups in total. The van der Waals surface area contributed by atoms with Gasteiger partial charge >= 0.3 is 5.69 Å². The first kappa shape index (κ1) is 11.2. The largest absolute Gasteiger partial charge is 0.392 e. The Labute approximate surface area is 95.7 Å². The number of thioether (sulfide) groups is 1. The predicted molar refractivity (Wildman–Crippen MR) is 60.6 cm³/mol. The van der Waals surface area contributed by atoms with Gasteiger partial charge in [-0.2, -0.15) is 14.7 Å². The molecule has 6 nitrogen and oxygen atoms in total. The Morgan fingerprint density at radius 1 is 1.50 bits per heavy atom. The molecule has 7 heteroatoms. The first-order valence-electron chi connectivity index (χ1n) is 4.87. The number of hydrogen-bond donors (Lipinski definition) is 2. The summed E-state index contributed by atoms with van der Waals surface area (Å²) in [7, 11) is 0. The summed E-state index contributed by atoms with van der Waals surface area (Å²) in [5, 5.41) is 20.3. The molecule has 0 saturated carbocycles. The van der Waals surface area contributed by atoms with Crippen molar-refractivity contribution in [2.45, 2.75) is 30.2 Å². The highest BCUT2D eigenvalue weighted by Crippen LogP contribution is 2.22. The van der Waals surface area contributed by atoms with Crippen LogP contribution in [0.2, 0.25) is 0 Å². The van der Waals surface area contributed by atoms with Crippen LogP contribution in [0, 0.1) is 0 Å². The second-order valence-corrected chi connectivity index (χ2v) is 4.93. The summed E-state index contributed by atoms with van der Waals surface area (Å²) in [5.41, 5.74) is 0.126. The van der Waals surface area contributed by atoms with Crippen molar-refractivity contribution in [3.63, 3.8) is 0 Å². The van der Waals surface area contributed by atoms with E-state index >= 15 is 0 Å². The number of aromatic amines is 1. The van der Waals surface area contributed by atoms with Crippen molar-refractivity contribution in [3.05, 3.63) is 22.6 Å². The van der Waals surface area contributed by atoms with Crippen molar-refractivity contribution >= 4 is 17.4 Å². The van der Waals surface area contributed by atoms with Crippen LogP contribution in [0.15, 0.2) is 22.0 Å². The topological polar surface area (TPSA) is 83.3 Å². The van der Waals surface area contributed by atoms with E-state index in [0.717, 1.165) is 0 Å². The van der Waals surface area contributed by atoms with Crippen LogP contribution in [0.4, 0.5) is 0 Å². The van der Waals surface area contributed by atoms with Gasteiger partial charge in [0, 0.05) is 5.25 Å². The SMILES string of the molecule is CC(O)C(C)Sc1ccc2n[nH]c(=O)n2n1. The molecule has 0 bridgehead atoms. The van der Waals surface area contributed by atoms with E-state index in [1.54, 1.807) is 19.1 Å². The van der Waals surface area contributed by atoms with Gasteiger partial charge in [-0.1, -0.05) is 18.7 Å². The van der Waals surface area contributed by atoms with E-state index in [1.807, 2.05) is 6.92 Å². The molecule has 0 radical (unpaired) electrons. The number of H-pyrrole nitrogens is 1. The molecule has 0 aromatic carbocycles. The molecule has 0 aliphatic rings. The number of aliphatic hydroxyl groups is 1. The average molecular weight is 240 g/mol. The van der Waals surface area contributed by atoms with E-state index in [1.165, 1.54) is 16.3 Å². The van der Waals surface area contributed by atoms with E-state index in [0.29, 0.717) is 10.7 Å². The molecule has 2 aromatic rings. The average Bonchev–Trinajstić information content (AvgIpc) is 2.60. The van der Waals surface area contributed by atoms with Gasteiger partial charge in [0.2, 0.25) is 0 Å². The van der Waals surface area contributed by atoms with Gasteiger partial charge in [0.15, 0.2) is 5.65 Å². The van der Waals surface area contributed by atoms with Crippen LogP contribution in [-0.4, -0.2) is 36.3 Å². The van der Waals surface area contributed by atoms with Gasteiger partial charge in [0.1, 0.15) is 5.03 Å². The normalized spacial score (nSPS) is 15.2. The third-order valence-electron chi connectivity index (χ3n) is 2.23. The van der Waals surface area contributed by atoms with Crippen molar-refractivity contribution in [1.29, 1.82) is 0 Å². The highest BCUT2D eigenvalue weighted by molar-refractivity contribution is 7.99. The maximum atomic E-state index is 11.3. The Morgan fingerprint density at radius 2 is 2.25 bits per heavy atom. The molecule has 0 fully saturated rings. The molecule has 16 heavy (non-hydrogen) atoms. The van der Waals surface area contributed by atoms with Crippen LogP contribution >= 0.6 is 11.8 Å². The van der Waals surface area contributed by atoms with Crippen molar-refractivity contribution in [3.8, 4) is 0 Å². The Hall–Kier alpha value is -1.34. The van der Waals surface area contributed by atoms with Gasteiger partial charge in [-0.25, -0.2) is 9.89 Å². The lowest BCUT2D eigenvalue weighted by Gasteiger charge is -2.12. The number of fused-ring (bicyclic) bond motifs is 1. The molecule has 2 unspecified atom stereocenters. The monoisotopic (exact) mass is 240 g/mol. The second kappa shape index (κ2) is 4.26. The molecular formula is C9H12N4O2S. The summed E-state index contributed by atoms with van der Waals surface area (Å²) < 4.78 is 1.21. The summed E-state index contributed by atoms with van der Waals surface area (Å²) in [6.45, 7) is 3.62. The first-order chi connectivity index (χ1) is 7.58. The zero-order chi connectivity index (χ0) is 11.7. The molecular weight excluding hydrogens is 228 g/mol. The summed E-state index contributed by atoms with van der Waals surface area (Å²) in [6.07, 6.45) is -0.427. The molecule has 0 spiro atoms. The summed E-state index contributed by atoms with van der Waals surface area (Å²) in [6, 6.07) is 3.49. The standard InChI is InChI=1S/C9H12N4O2S/c1-5(14)6(2)16-8-4-3-7-10-11-9(15)13(7)12-8/h3-6,14H,1-2H3,(H,11,15). The molecule has 0 aliphatic heterocycles. The van der Waals surface area contributed by atoms with Crippen LogP contribution in [0.1, 0.15) is 13.8 Å². The van der Waals surface area contributed by atoms with E-state index in [9.17, 15) is 9.90 Å². The Bertz CT molecular complexity index is 548. The lowest BCUT2D eigenvalue weighted by atomic mass is 10.3. The highest BCUT2D eigenvalue weighted by Gasteiger charge is 2.12. The molecule has 0 aliphatic carbocycles. The fourth-order valence-corrected chi connectivity index (χ4v) is 1.99. The minimum absolute atomic E-state index is 0.0209. The van der Waals surface area contributed by atoms with Gasteiger partial charge in [0.25, 0.3) is 0 Å². The van der Waals surface area contributed by atoms with Crippen molar-refractivity contribution in [1.82, 2.24) is 19.8 Å². The van der Waals surface area contributed by atoms with Gasteiger partial charge in [-0.3, -0.25) is 0 Å². The smallest absolute Gasteiger partial charge is 0.364 e. The van der Waals surface area contributed by atoms with E-state index in [-0.39, 0.29) is 10.9 Å². The number of nitrogens with one attached hydrogen (secondary N) is 1. The maximum absolute atomic E-state index is 11.3. The zero-order valence-electron chi connectivity index (χ0n) is 8.91. The summed E-state index contributed by atoms with van der Waals surface area (Å²) in [4.78, 5) is 11.3. The zero-order valence-corrected chi connectivity index (χ0v) is 9.73. The van der Waals surface area contributed by atoms with Crippen LogP contribution in [-0.2, 0) is 0 Å². The Morgan fingerprint density at radius 3 is 2.94 bits per heavy atom. The third-order valence-corrected chi connectivity index (χ3v) is 3.46. The van der Waals surface area contributed by atoms with Crippen LogP contribution < -0.4 is 5.69 Å². The third kappa shape index (κ3) is 2.10. The molecule has 86 valence electrons. The highest BCUT2D eigenvalue weighted by atomic mass is 32.2. The minimum Gasteiger partial charge on any atom is -0.392 e. The minimum atomic E-state index is -0.427. The van der Waals surface area contributed by atoms with Crippen LogP contribution in [0.25, 0.3) is 5.65 Å². The molecule has 2 atom stereocenters. The number of aliphatic hydroxyl groups excluding tert-OH is 1. The second-order valence-electron chi connectivity index (χ2n) is 3.53. The van der Waals surface area contributed by atoms with Gasteiger partial charge in [-0.15, -0.1) is 0 Å². The molecule has 2 rings (SSSR count). The van der Waals surface area contributed by atoms with Crippen molar-refractivity contribution in [2.24, 2.45) is 0 Å². The lowest BCUT2D eigenvalue weighted by molar-refractivity contribution is 0.196. The number of hydrogen-bond acceptors (Lipinski definition) is 5. The summed E-state index contributed by atoms with van der Waals surface area (Å²) in [5.74, 6) is 0. The van der Waals surface area contributed by atoms with Gasteiger partial charge in [0.05, 0.1) is 6.10 Å². The first-order valence-corrected chi connectivity index (χ1v) is 5.75.